The van der Waals surface area contributed by atoms with Crippen LogP contribution in [0.2, 0.25) is 10.0 Å². The number of nitrogens with zero attached hydrogens (tertiary/aromatic N) is 2. The molecule has 1 aromatic carbocycles. The minimum atomic E-state index is -0.490. The van der Waals surface area contributed by atoms with Gasteiger partial charge in [0.2, 0.25) is 0 Å². The van der Waals surface area contributed by atoms with Gasteiger partial charge in [-0.1, -0.05) is 35.0 Å². The molecule has 0 aliphatic carbocycles. The number of thioether (sulfide) groups is 1. The van der Waals surface area contributed by atoms with Gasteiger partial charge in [-0.05, 0) is 30.9 Å². The number of rotatable bonds is 2. The summed E-state index contributed by atoms with van der Waals surface area (Å²) in [5.41, 5.74) is 0.915. The molecular formula is C13H9Cl2N3OS. The summed E-state index contributed by atoms with van der Waals surface area (Å²) in [6.07, 6.45) is 1.78. The van der Waals surface area contributed by atoms with Gasteiger partial charge in [0.15, 0.2) is 5.16 Å². The lowest BCUT2D eigenvalue weighted by Gasteiger charge is -2.09. The number of hydrogen-bond donors (Lipinski definition) is 1. The second-order valence-corrected chi connectivity index (χ2v) is 5.60. The van der Waals surface area contributed by atoms with E-state index in [1.54, 1.807) is 25.3 Å². The van der Waals surface area contributed by atoms with Crippen LogP contribution in [0.3, 0.4) is 0 Å². The number of aromatic amines is 1. The van der Waals surface area contributed by atoms with Crippen molar-refractivity contribution in [1.82, 2.24) is 9.97 Å². The standard InChI is InChI=1S/C13H9Cl2N3OS/c1-6-3-7(14)4-8(10(6)15)11-9(5-16)12(19)18-13(17-11)20-2/h3-4H,1-2H3,(H,17,18,19). The molecule has 1 aromatic heterocycles. The van der Waals surface area contributed by atoms with Crippen molar-refractivity contribution >= 4 is 35.0 Å². The van der Waals surface area contributed by atoms with Crippen LogP contribution in [0.25, 0.3) is 11.3 Å². The van der Waals surface area contributed by atoms with E-state index in [-0.39, 0.29) is 11.3 Å². The van der Waals surface area contributed by atoms with Crippen LogP contribution in [-0.4, -0.2) is 16.2 Å². The van der Waals surface area contributed by atoms with Gasteiger partial charge in [0.25, 0.3) is 5.56 Å². The van der Waals surface area contributed by atoms with Crippen LogP contribution >= 0.6 is 35.0 Å². The van der Waals surface area contributed by atoms with E-state index in [0.717, 1.165) is 5.56 Å². The highest BCUT2D eigenvalue weighted by Gasteiger charge is 2.17. The van der Waals surface area contributed by atoms with Crippen molar-refractivity contribution in [3.8, 4) is 17.3 Å². The van der Waals surface area contributed by atoms with Gasteiger partial charge in [-0.2, -0.15) is 5.26 Å². The Hall–Kier alpha value is -1.48. The van der Waals surface area contributed by atoms with Crippen LogP contribution in [0.4, 0.5) is 0 Å². The molecule has 2 aromatic rings. The van der Waals surface area contributed by atoms with E-state index in [0.29, 0.717) is 20.8 Å². The summed E-state index contributed by atoms with van der Waals surface area (Å²) in [4.78, 5) is 18.7. The molecule has 0 atom stereocenters. The summed E-state index contributed by atoms with van der Waals surface area (Å²) in [6, 6.07) is 5.17. The Morgan fingerprint density at radius 1 is 1.40 bits per heavy atom. The maximum Gasteiger partial charge on any atom is 0.270 e. The van der Waals surface area contributed by atoms with Crippen LogP contribution in [-0.2, 0) is 0 Å². The lowest BCUT2D eigenvalue weighted by atomic mass is 10.1. The van der Waals surface area contributed by atoms with Gasteiger partial charge >= 0.3 is 0 Å². The maximum atomic E-state index is 11.9. The zero-order valence-electron chi connectivity index (χ0n) is 10.6. The molecule has 0 fully saturated rings. The van der Waals surface area contributed by atoms with Gasteiger partial charge in [-0.15, -0.1) is 0 Å². The minimum absolute atomic E-state index is 0.0774. The first-order valence-electron chi connectivity index (χ1n) is 5.52. The molecule has 0 bridgehead atoms. The highest BCUT2D eigenvalue weighted by molar-refractivity contribution is 7.98. The zero-order valence-corrected chi connectivity index (χ0v) is 12.9. The Morgan fingerprint density at radius 2 is 2.10 bits per heavy atom. The summed E-state index contributed by atoms with van der Waals surface area (Å²) in [5, 5.41) is 10.5. The summed E-state index contributed by atoms with van der Waals surface area (Å²) >= 11 is 13.5. The number of nitrogens with one attached hydrogen (secondary N) is 1. The summed E-state index contributed by atoms with van der Waals surface area (Å²) in [5.74, 6) is 0. The third-order valence-corrected chi connectivity index (χ3v) is 3.98. The van der Waals surface area contributed by atoms with E-state index in [4.69, 9.17) is 28.5 Å². The van der Waals surface area contributed by atoms with Crippen LogP contribution in [0, 0.1) is 18.3 Å². The Morgan fingerprint density at radius 3 is 2.70 bits per heavy atom. The van der Waals surface area contributed by atoms with Gasteiger partial charge in [0.05, 0.1) is 10.7 Å². The number of benzene rings is 1. The Bertz CT molecular complexity index is 780. The second kappa shape index (κ2) is 5.88. The van der Waals surface area contributed by atoms with Gasteiger partial charge in [0.1, 0.15) is 11.6 Å². The molecule has 2 rings (SSSR count). The predicted octanol–water partition coefficient (Wildman–Crippen LogP) is 3.65. The molecule has 0 unspecified atom stereocenters. The Balaban J connectivity index is 2.85. The van der Waals surface area contributed by atoms with Crippen molar-refractivity contribution in [3.63, 3.8) is 0 Å². The third-order valence-electron chi connectivity index (χ3n) is 2.68. The van der Waals surface area contributed by atoms with Crippen molar-refractivity contribution in [1.29, 1.82) is 5.26 Å². The third kappa shape index (κ3) is 2.68. The molecule has 0 aliphatic rings. The first kappa shape index (κ1) is 14.9. The zero-order chi connectivity index (χ0) is 14.9. The van der Waals surface area contributed by atoms with Crippen LogP contribution in [0.1, 0.15) is 11.1 Å². The van der Waals surface area contributed by atoms with Crippen molar-refractivity contribution in [2.24, 2.45) is 0 Å². The van der Waals surface area contributed by atoms with E-state index in [1.807, 2.05) is 6.07 Å². The molecule has 1 heterocycles. The van der Waals surface area contributed by atoms with E-state index in [1.165, 1.54) is 11.8 Å². The van der Waals surface area contributed by atoms with Crippen LogP contribution < -0.4 is 5.56 Å². The fourth-order valence-electron chi connectivity index (χ4n) is 1.75. The maximum absolute atomic E-state index is 11.9. The second-order valence-electron chi connectivity index (χ2n) is 3.99. The normalized spacial score (nSPS) is 10.3. The predicted molar refractivity (Wildman–Crippen MR) is 81.5 cm³/mol. The number of halogens is 2. The molecule has 0 amide bonds. The van der Waals surface area contributed by atoms with Crippen molar-refractivity contribution in [2.45, 2.75) is 12.1 Å². The van der Waals surface area contributed by atoms with Gasteiger partial charge in [0, 0.05) is 10.6 Å². The molecule has 0 radical (unpaired) electrons. The molecule has 1 N–H and O–H groups in total. The molecule has 0 spiro atoms. The SMILES string of the molecule is CSc1nc(-c2cc(Cl)cc(C)c2Cl)c(C#N)c(=O)[nH]1. The fourth-order valence-corrected chi connectivity index (χ4v) is 2.59. The number of hydrogen-bond acceptors (Lipinski definition) is 4. The number of aryl methyl sites for hydroxylation is 1. The van der Waals surface area contributed by atoms with Gasteiger partial charge in [-0.25, -0.2) is 4.98 Å². The lowest BCUT2D eigenvalue weighted by Crippen LogP contribution is -2.14. The molecule has 0 aliphatic heterocycles. The minimum Gasteiger partial charge on any atom is -0.300 e. The average Bonchev–Trinajstić information content (AvgIpc) is 2.41. The highest BCUT2D eigenvalue weighted by Crippen LogP contribution is 2.33. The summed E-state index contributed by atoms with van der Waals surface area (Å²) in [6.45, 7) is 1.80. The lowest BCUT2D eigenvalue weighted by molar-refractivity contribution is 0.937. The van der Waals surface area contributed by atoms with E-state index < -0.39 is 5.56 Å². The Kier molecular flexibility index (Phi) is 4.39. The van der Waals surface area contributed by atoms with E-state index >= 15 is 0 Å². The monoisotopic (exact) mass is 325 g/mol. The van der Waals surface area contributed by atoms with Crippen molar-refractivity contribution in [2.75, 3.05) is 6.26 Å². The number of aromatic nitrogens is 2. The first-order valence-corrected chi connectivity index (χ1v) is 7.50. The first-order chi connectivity index (χ1) is 9.47. The number of nitriles is 1. The largest absolute Gasteiger partial charge is 0.300 e. The van der Waals surface area contributed by atoms with Crippen molar-refractivity contribution in [3.05, 3.63) is 43.7 Å². The van der Waals surface area contributed by atoms with Crippen molar-refractivity contribution < 1.29 is 0 Å². The molecule has 20 heavy (non-hydrogen) atoms. The average molecular weight is 326 g/mol. The molecule has 0 saturated carbocycles. The quantitative estimate of drug-likeness (QED) is 0.676. The number of H-pyrrole nitrogens is 1. The summed E-state index contributed by atoms with van der Waals surface area (Å²) < 4.78 is 0. The highest BCUT2D eigenvalue weighted by atomic mass is 35.5. The molecular weight excluding hydrogens is 317 g/mol. The van der Waals surface area contributed by atoms with Gasteiger partial charge < -0.3 is 4.98 Å². The summed E-state index contributed by atoms with van der Waals surface area (Å²) in [7, 11) is 0. The van der Waals surface area contributed by atoms with Gasteiger partial charge in [-0.3, -0.25) is 4.79 Å². The van der Waals surface area contributed by atoms with E-state index in [2.05, 4.69) is 9.97 Å². The van der Waals surface area contributed by atoms with E-state index in [9.17, 15) is 4.79 Å². The molecule has 7 heteroatoms. The molecule has 4 nitrogen and oxygen atoms in total. The van der Waals surface area contributed by atoms with Crippen LogP contribution in [0.15, 0.2) is 22.1 Å². The molecule has 102 valence electrons. The topological polar surface area (TPSA) is 69.5 Å². The Labute approximate surface area is 129 Å². The fraction of sp³-hybridized carbons (Fsp3) is 0.154. The van der Waals surface area contributed by atoms with Crippen LogP contribution in [0.5, 0.6) is 0 Å². The molecule has 0 saturated heterocycles. The smallest absolute Gasteiger partial charge is 0.270 e.